The lowest BCUT2D eigenvalue weighted by Gasteiger charge is -2.04. The highest BCUT2D eigenvalue weighted by Gasteiger charge is 2.29. The van der Waals surface area contributed by atoms with E-state index in [-0.39, 0.29) is 11.4 Å². The molecular weight excluding hydrogens is 152 g/mol. The summed E-state index contributed by atoms with van der Waals surface area (Å²) in [7, 11) is -2.90. The van der Waals surface area contributed by atoms with E-state index in [1.54, 1.807) is 0 Å². The summed E-state index contributed by atoms with van der Waals surface area (Å²) in [5, 5.41) is 8.71. The molecule has 1 fully saturated rings. The van der Waals surface area contributed by atoms with Gasteiger partial charge in [-0.3, -0.25) is 0 Å². The van der Waals surface area contributed by atoms with Gasteiger partial charge < -0.3 is 5.11 Å². The zero-order valence-electron chi connectivity index (χ0n) is 5.95. The van der Waals surface area contributed by atoms with Gasteiger partial charge in [0.1, 0.15) is 9.84 Å². The quantitative estimate of drug-likeness (QED) is 0.591. The monoisotopic (exact) mass is 164 g/mol. The molecule has 0 aliphatic heterocycles. The van der Waals surface area contributed by atoms with Crippen molar-refractivity contribution in [3.63, 3.8) is 0 Å². The Morgan fingerprint density at radius 1 is 1.40 bits per heavy atom. The van der Waals surface area contributed by atoms with Crippen LogP contribution in [-0.2, 0) is 9.84 Å². The molecule has 0 radical (unpaired) electrons. The van der Waals surface area contributed by atoms with E-state index in [9.17, 15) is 8.42 Å². The van der Waals surface area contributed by atoms with Crippen LogP contribution >= 0.6 is 0 Å². The van der Waals surface area contributed by atoms with E-state index in [4.69, 9.17) is 5.11 Å². The van der Waals surface area contributed by atoms with Gasteiger partial charge in [-0.05, 0) is 19.3 Å². The Hall–Kier alpha value is -0.0900. The van der Waals surface area contributed by atoms with E-state index in [1.165, 1.54) is 6.26 Å². The summed E-state index contributed by atoms with van der Waals surface area (Å²) in [6, 6.07) is 0. The maximum absolute atomic E-state index is 10.9. The zero-order valence-corrected chi connectivity index (χ0v) is 6.76. The number of aliphatic hydroxyl groups is 1. The van der Waals surface area contributed by atoms with Crippen LogP contribution in [0.4, 0.5) is 0 Å². The molecule has 3 nitrogen and oxygen atoms in total. The Morgan fingerprint density at radius 2 is 2.00 bits per heavy atom. The van der Waals surface area contributed by atoms with Crippen LogP contribution in [0, 0.1) is 0 Å². The molecule has 0 heterocycles. The van der Waals surface area contributed by atoms with Crippen LogP contribution in [0.25, 0.3) is 0 Å². The van der Waals surface area contributed by atoms with E-state index in [2.05, 4.69) is 0 Å². The molecule has 4 heteroatoms. The molecule has 1 aliphatic rings. The summed E-state index contributed by atoms with van der Waals surface area (Å²) in [6.07, 6.45) is 2.53. The molecule has 1 aliphatic carbocycles. The normalized spacial score (nSPS) is 34.6. The first-order valence-corrected chi connectivity index (χ1v) is 5.32. The number of aliphatic hydroxyl groups excluding tert-OH is 1. The van der Waals surface area contributed by atoms with Crippen molar-refractivity contribution in [3.8, 4) is 0 Å². The maximum Gasteiger partial charge on any atom is 0.150 e. The van der Waals surface area contributed by atoms with Crippen LogP contribution in [-0.4, -0.2) is 31.1 Å². The van der Waals surface area contributed by atoms with E-state index >= 15 is 0 Å². The molecule has 0 unspecified atom stereocenters. The third kappa shape index (κ3) is 1.70. The third-order valence-corrected chi connectivity index (χ3v) is 3.60. The predicted octanol–water partition coefficient (Wildman–Crippen LogP) is -0.0556. The van der Waals surface area contributed by atoms with Crippen molar-refractivity contribution in [1.29, 1.82) is 0 Å². The second kappa shape index (κ2) is 2.51. The van der Waals surface area contributed by atoms with Gasteiger partial charge in [0.2, 0.25) is 0 Å². The average molecular weight is 164 g/mol. The minimum absolute atomic E-state index is 0.289. The predicted molar refractivity (Wildman–Crippen MR) is 38.5 cm³/mol. The van der Waals surface area contributed by atoms with E-state index in [0.29, 0.717) is 19.3 Å². The van der Waals surface area contributed by atoms with Gasteiger partial charge >= 0.3 is 0 Å². The fourth-order valence-corrected chi connectivity index (χ4v) is 2.44. The summed E-state index contributed by atoms with van der Waals surface area (Å²) in [4.78, 5) is 0. The van der Waals surface area contributed by atoms with Gasteiger partial charge in [0.25, 0.3) is 0 Å². The fourth-order valence-electron chi connectivity index (χ4n) is 1.31. The Morgan fingerprint density at radius 3 is 2.20 bits per heavy atom. The highest BCUT2D eigenvalue weighted by molar-refractivity contribution is 7.91. The molecule has 0 saturated heterocycles. The average Bonchev–Trinajstić information content (AvgIpc) is 2.11. The van der Waals surface area contributed by atoms with Crippen LogP contribution in [0.15, 0.2) is 0 Å². The fraction of sp³-hybridized carbons (Fsp3) is 1.00. The van der Waals surface area contributed by atoms with Gasteiger partial charge in [-0.2, -0.15) is 0 Å². The molecule has 1 saturated carbocycles. The smallest absolute Gasteiger partial charge is 0.150 e. The molecule has 0 aromatic heterocycles. The van der Waals surface area contributed by atoms with Gasteiger partial charge in [-0.15, -0.1) is 0 Å². The lowest BCUT2D eigenvalue weighted by molar-refractivity contribution is 0.183. The summed E-state index contributed by atoms with van der Waals surface area (Å²) in [5.41, 5.74) is 0. The van der Waals surface area contributed by atoms with Crippen molar-refractivity contribution < 1.29 is 13.5 Å². The van der Waals surface area contributed by atoms with Gasteiger partial charge in [0.15, 0.2) is 0 Å². The molecule has 2 atom stereocenters. The second-order valence-corrected chi connectivity index (χ2v) is 5.24. The number of sulfone groups is 1. The van der Waals surface area contributed by atoms with Crippen molar-refractivity contribution >= 4 is 9.84 Å². The highest BCUT2D eigenvalue weighted by Crippen LogP contribution is 2.24. The van der Waals surface area contributed by atoms with Gasteiger partial charge in [-0.25, -0.2) is 8.42 Å². The Labute approximate surface area is 61.0 Å². The first-order chi connectivity index (χ1) is 4.50. The Balaban J connectivity index is 2.62. The number of rotatable bonds is 1. The molecule has 10 heavy (non-hydrogen) atoms. The van der Waals surface area contributed by atoms with E-state index < -0.39 is 9.84 Å². The largest absolute Gasteiger partial charge is 0.393 e. The molecule has 1 N–H and O–H groups in total. The van der Waals surface area contributed by atoms with Gasteiger partial charge in [-0.1, -0.05) is 0 Å². The molecular formula is C6H12O3S. The zero-order chi connectivity index (χ0) is 7.78. The minimum Gasteiger partial charge on any atom is -0.393 e. The number of hydrogen-bond acceptors (Lipinski definition) is 3. The second-order valence-electron chi connectivity index (χ2n) is 2.92. The highest BCUT2D eigenvalue weighted by atomic mass is 32.2. The van der Waals surface area contributed by atoms with Crippen LogP contribution in [0.5, 0.6) is 0 Å². The van der Waals surface area contributed by atoms with Crippen molar-refractivity contribution in [3.05, 3.63) is 0 Å². The molecule has 0 amide bonds. The van der Waals surface area contributed by atoms with Crippen LogP contribution in [0.3, 0.4) is 0 Å². The van der Waals surface area contributed by atoms with Crippen molar-refractivity contribution in [2.24, 2.45) is 0 Å². The Bertz CT molecular complexity index is 207. The van der Waals surface area contributed by atoms with Gasteiger partial charge in [0, 0.05) is 6.26 Å². The SMILES string of the molecule is CS(=O)(=O)[C@H]1CC[C@H](O)C1. The van der Waals surface area contributed by atoms with Crippen molar-refractivity contribution in [2.75, 3.05) is 6.26 Å². The summed E-state index contributed by atoms with van der Waals surface area (Å²) in [5.74, 6) is 0. The van der Waals surface area contributed by atoms with Crippen LogP contribution < -0.4 is 0 Å². The molecule has 0 aromatic carbocycles. The van der Waals surface area contributed by atoms with Gasteiger partial charge in [0.05, 0.1) is 11.4 Å². The summed E-state index contributed by atoms with van der Waals surface area (Å²) in [6.45, 7) is 0. The molecule has 1 rings (SSSR count). The summed E-state index contributed by atoms with van der Waals surface area (Å²) >= 11 is 0. The first-order valence-electron chi connectivity index (χ1n) is 3.37. The number of hydrogen-bond donors (Lipinski definition) is 1. The Kier molecular flexibility index (Phi) is 2.01. The first kappa shape index (κ1) is 8.01. The maximum atomic E-state index is 10.9. The van der Waals surface area contributed by atoms with Crippen LogP contribution in [0.1, 0.15) is 19.3 Å². The van der Waals surface area contributed by atoms with Crippen molar-refractivity contribution in [1.82, 2.24) is 0 Å². The van der Waals surface area contributed by atoms with Crippen LogP contribution in [0.2, 0.25) is 0 Å². The lowest BCUT2D eigenvalue weighted by Crippen LogP contribution is -2.16. The molecule has 60 valence electrons. The van der Waals surface area contributed by atoms with E-state index in [1.807, 2.05) is 0 Å². The summed E-state index contributed by atoms with van der Waals surface area (Å²) < 4.78 is 21.7. The standard InChI is InChI=1S/C6H12O3S/c1-10(8,9)6-3-2-5(7)4-6/h5-7H,2-4H2,1H3/t5-,6-/m0/s1. The van der Waals surface area contributed by atoms with Crippen molar-refractivity contribution in [2.45, 2.75) is 30.6 Å². The van der Waals surface area contributed by atoms with E-state index in [0.717, 1.165) is 0 Å². The third-order valence-electron chi connectivity index (χ3n) is 1.96. The molecule has 0 spiro atoms. The minimum atomic E-state index is -2.90. The molecule has 0 aromatic rings. The lowest BCUT2D eigenvalue weighted by atomic mass is 10.3. The topological polar surface area (TPSA) is 54.4 Å². The molecule has 0 bridgehead atoms.